The second kappa shape index (κ2) is 11.8. The Morgan fingerprint density at radius 3 is 2.50 bits per heavy atom. The van der Waals surface area contributed by atoms with Crippen molar-refractivity contribution in [3.8, 4) is 11.1 Å². The Bertz CT molecular complexity index is 1320. The smallest absolute Gasteiger partial charge is 0.311 e. The molecule has 0 aliphatic carbocycles. The number of nitrogens with one attached hydrogen (secondary N) is 2. The van der Waals surface area contributed by atoms with E-state index in [4.69, 9.17) is 16.3 Å². The van der Waals surface area contributed by atoms with Crippen LogP contribution in [0.25, 0.3) is 22.2 Å². The molecule has 4 aromatic rings. The van der Waals surface area contributed by atoms with Gasteiger partial charge in [-0.1, -0.05) is 66.2 Å². The number of imidazole rings is 1. The topological polar surface area (TPSA) is 104 Å². The van der Waals surface area contributed by atoms with Crippen LogP contribution < -0.4 is 5.32 Å². The number of carbonyl (C=O) groups excluding carboxylic acids is 2. The molecule has 2 unspecified atom stereocenters. The molecule has 1 heterocycles. The molecule has 36 heavy (non-hydrogen) atoms. The predicted molar refractivity (Wildman–Crippen MR) is 140 cm³/mol. The summed E-state index contributed by atoms with van der Waals surface area (Å²) < 4.78 is 5.12. The van der Waals surface area contributed by atoms with Crippen LogP contribution in [0.2, 0.25) is 5.02 Å². The Morgan fingerprint density at radius 1 is 1.08 bits per heavy atom. The Balaban J connectivity index is 1.55. The lowest BCUT2D eigenvalue weighted by Gasteiger charge is -2.23. The fourth-order valence-electron chi connectivity index (χ4n) is 4.20. The van der Waals surface area contributed by atoms with Crippen molar-refractivity contribution >= 4 is 34.5 Å². The van der Waals surface area contributed by atoms with Crippen LogP contribution in [0.1, 0.15) is 29.3 Å². The zero-order chi connectivity index (χ0) is 25.5. The van der Waals surface area contributed by atoms with Crippen molar-refractivity contribution in [2.75, 3.05) is 13.2 Å². The lowest BCUT2D eigenvalue weighted by atomic mass is 9.94. The number of hydrogen-bond donors (Lipinski definition) is 3. The number of H-pyrrole nitrogens is 1. The average Bonchev–Trinajstić information content (AvgIpc) is 3.38. The fourth-order valence-corrected chi connectivity index (χ4v) is 4.47. The van der Waals surface area contributed by atoms with Gasteiger partial charge in [0.1, 0.15) is 5.52 Å². The number of aromatic nitrogens is 2. The molecule has 0 bridgehead atoms. The van der Waals surface area contributed by atoms with Crippen molar-refractivity contribution in [3.05, 3.63) is 89.2 Å². The number of aliphatic hydroxyl groups is 1. The van der Waals surface area contributed by atoms with Crippen LogP contribution >= 0.6 is 11.6 Å². The van der Waals surface area contributed by atoms with Crippen LogP contribution in [0.4, 0.5) is 0 Å². The minimum absolute atomic E-state index is 0.218. The molecule has 8 heteroatoms. The first kappa shape index (κ1) is 25.4. The minimum atomic E-state index is -0.752. The number of hydrogen-bond acceptors (Lipinski definition) is 5. The molecule has 0 saturated heterocycles. The molecule has 186 valence electrons. The zero-order valence-corrected chi connectivity index (χ0v) is 20.7. The SMILES string of the molecule is CCOC(=O)C(CO)CC(Cc1ccc(-c2ccccc2)cc1)NC(=O)c1cc(Cl)c2nc[nH]c2c1. The van der Waals surface area contributed by atoms with Gasteiger partial charge in [0.25, 0.3) is 5.91 Å². The van der Waals surface area contributed by atoms with E-state index in [0.717, 1.165) is 16.7 Å². The third-order valence-electron chi connectivity index (χ3n) is 6.03. The largest absolute Gasteiger partial charge is 0.466 e. The fraction of sp³-hybridized carbons (Fsp3) is 0.250. The van der Waals surface area contributed by atoms with Crippen LogP contribution in [-0.4, -0.2) is 46.2 Å². The third kappa shape index (κ3) is 6.11. The standard InChI is InChI=1S/C28H28ClN3O4/c1-2-36-28(35)22(16-33)13-23(12-18-8-10-20(11-9-18)19-6-4-3-5-7-19)32-27(34)21-14-24(29)26-25(15-21)30-17-31-26/h3-11,14-15,17,22-23,33H,2,12-13,16H2,1H3,(H,30,31)(H,32,34). The summed E-state index contributed by atoms with van der Waals surface area (Å²) in [7, 11) is 0. The van der Waals surface area contributed by atoms with E-state index in [2.05, 4.69) is 15.3 Å². The van der Waals surface area contributed by atoms with Gasteiger partial charge in [0.15, 0.2) is 0 Å². The van der Waals surface area contributed by atoms with Crippen LogP contribution in [0.5, 0.6) is 0 Å². The molecule has 0 radical (unpaired) electrons. The molecule has 0 aliphatic heterocycles. The number of aromatic amines is 1. The molecular formula is C28H28ClN3O4. The molecule has 4 rings (SSSR count). The second-order valence-corrected chi connectivity index (χ2v) is 8.97. The number of rotatable bonds is 10. The molecular weight excluding hydrogens is 478 g/mol. The van der Waals surface area contributed by atoms with Crippen LogP contribution in [-0.2, 0) is 16.0 Å². The molecule has 3 aromatic carbocycles. The van der Waals surface area contributed by atoms with Gasteiger partial charge in [-0.25, -0.2) is 4.98 Å². The van der Waals surface area contributed by atoms with E-state index >= 15 is 0 Å². The second-order valence-electron chi connectivity index (χ2n) is 8.56. The lowest BCUT2D eigenvalue weighted by Crippen LogP contribution is -2.40. The summed E-state index contributed by atoms with van der Waals surface area (Å²) in [6.07, 6.45) is 2.21. The Hall–Kier alpha value is -3.68. The van der Waals surface area contributed by atoms with Gasteiger partial charge in [-0.15, -0.1) is 0 Å². The molecule has 0 saturated carbocycles. The molecule has 0 aliphatic rings. The van der Waals surface area contributed by atoms with Gasteiger partial charge in [-0.2, -0.15) is 0 Å². The first-order valence-electron chi connectivity index (χ1n) is 11.8. The molecule has 7 nitrogen and oxygen atoms in total. The van der Waals surface area contributed by atoms with Crippen molar-refractivity contribution in [2.24, 2.45) is 5.92 Å². The summed E-state index contributed by atoms with van der Waals surface area (Å²) in [5.41, 5.74) is 4.80. The number of amides is 1. The Kier molecular flexibility index (Phi) is 8.36. The van der Waals surface area contributed by atoms with Gasteiger partial charge in [0.2, 0.25) is 0 Å². The molecule has 0 spiro atoms. The normalized spacial score (nSPS) is 12.8. The van der Waals surface area contributed by atoms with Crippen molar-refractivity contribution in [3.63, 3.8) is 0 Å². The monoisotopic (exact) mass is 505 g/mol. The minimum Gasteiger partial charge on any atom is -0.466 e. The molecule has 2 atom stereocenters. The van der Waals surface area contributed by atoms with E-state index in [0.29, 0.717) is 28.0 Å². The number of ether oxygens (including phenoxy) is 1. The highest BCUT2D eigenvalue weighted by Gasteiger charge is 2.26. The summed E-state index contributed by atoms with van der Waals surface area (Å²) in [4.78, 5) is 32.7. The number of fused-ring (bicyclic) bond motifs is 1. The van der Waals surface area contributed by atoms with Crippen molar-refractivity contribution in [2.45, 2.75) is 25.8 Å². The summed E-state index contributed by atoms with van der Waals surface area (Å²) >= 11 is 6.31. The maximum absolute atomic E-state index is 13.2. The zero-order valence-electron chi connectivity index (χ0n) is 19.9. The molecule has 0 fully saturated rings. The Labute approximate surface area is 214 Å². The highest BCUT2D eigenvalue weighted by Crippen LogP contribution is 2.24. The van der Waals surface area contributed by atoms with Gasteiger partial charge in [0.05, 0.1) is 36.0 Å². The number of nitrogens with zero attached hydrogens (tertiary/aromatic N) is 1. The maximum atomic E-state index is 13.2. The van der Waals surface area contributed by atoms with Gasteiger partial charge < -0.3 is 20.1 Å². The maximum Gasteiger partial charge on any atom is 0.311 e. The van der Waals surface area contributed by atoms with E-state index in [1.165, 1.54) is 6.33 Å². The first-order chi connectivity index (χ1) is 17.5. The van der Waals surface area contributed by atoms with Crippen molar-refractivity contribution in [1.29, 1.82) is 0 Å². The van der Waals surface area contributed by atoms with Crippen LogP contribution in [0.15, 0.2) is 73.1 Å². The number of halogens is 1. The molecule has 1 amide bonds. The van der Waals surface area contributed by atoms with Gasteiger partial charge in [0, 0.05) is 11.6 Å². The van der Waals surface area contributed by atoms with Crippen LogP contribution in [0.3, 0.4) is 0 Å². The highest BCUT2D eigenvalue weighted by molar-refractivity contribution is 6.35. The summed E-state index contributed by atoms with van der Waals surface area (Å²) in [6, 6.07) is 21.0. The van der Waals surface area contributed by atoms with E-state index in [-0.39, 0.29) is 25.5 Å². The highest BCUT2D eigenvalue weighted by atomic mass is 35.5. The number of esters is 1. The first-order valence-corrected chi connectivity index (χ1v) is 12.2. The molecule has 3 N–H and O–H groups in total. The van der Waals surface area contributed by atoms with E-state index in [1.807, 2.05) is 54.6 Å². The number of carbonyl (C=O) groups is 2. The van der Waals surface area contributed by atoms with Gasteiger partial charge in [-0.3, -0.25) is 9.59 Å². The quantitative estimate of drug-likeness (QED) is 0.269. The summed E-state index contributed by atoms with van der Waals surface area (Å²) in [5, 5.41) is 13.2. The van der Waals surface area contributed by atoms with Crippen LogP contribution in [0, 0.1) is 5.92 Å². The van der Waals surface area contributed by atoms with E-state index in [1.54, 1.807) is 19.1 Å². The van der Waals surface area contributed by atoms with Crippen molar-refractivity contribution in [1.82, 2.24) is 15.3 Å². The predicted octanol–water partition coefficient (Wildman–Crippen LogP) is 4.79. The van der Waals surface area contributed by atoms with Crippen molar-refractivity contribution < 1.29 is 19.4 Å². The lowest BCUT2D eigenvalue weighted by molar-refractivity contribution is -0.149. The van der Waals surface area contributed by atoms with Gasteiger partial charge >= 0.3 is 5.97 Å². The summed E-state index contributed by atoms with van der Waals surface area (Å²) in [5.74, 6) is -1.57. The van der Waals surface area contributed by atoms with Gasteiger partial charge in [-0.05, 0) is 48.6 Å². The van der Waals surface area contributed by atoms with E-state index in [9.17, 15) is 14.7 Å². The Morgan fingerprint density at radius 2 is 1.81 bits per heavy atom. The average molecular weight is 506 g/mol. The number of benzene rings is 3. The third-order valence-corrected chi connectivity index (χ3v) is 6.32. The van der Waals surface area contributed by atoms with E-state index < -0.39 is 17.9 Å². The summed E-state index contributed by atoms with van der Waals surface area (Å²) in [6.45, 7) is 1.56. The molecule has 1 aromatic heterocycles. The number of aliphatic hydroxyl groups excluding tert-OH is 1.